The summed E-state index contributed by atoms with van der Waals surface area (Å²) in [6.07, 6.45) is 3.02. The third kappa shape index (κ3) is 2.54. The van der Waals surface area contributed by atoms with Gasteiger partial charge in [-0.2, -0.15) is 0 Å². The van der Waals surface area contributed by atoms with Crippen LogP contribution in [0.2, 0.25) is 0 Å². The lowest BCUT2D eigenvalue weighted by Gasteiger charge is -2.24. The van der Waals surface area contributed by atoms with Crippen molar-refractivity contribution in [2.45, 2.75) is 31.8 Å². The summed E-state index contributed by atoms with van der Waals surface area (Å²) in [5.74, 6) is -0.259. The monoisotopic (exact) mass is 184 g/mol. The van der Waals surface area contributed by atoms with Crippen LogP contribution in [-0.2, 0) is 9.53 Å². The third-order valence-corrected chi connectivity index (χ3v) is 2.18. The molecule has 1 rings (SSSR count). The van der Waals surface area contributed by atoms with Crippen molar-refractivity contribution in [2.75, 3.05) is 6.61 Å². The van der Waals surface area contributed by atoms with Crippen LogP contribution in [0.25, 0.3) is 0 Å². The van der Waals surface area contributed by atoms with Gasteiger partial charge in [0.2, 0.25) is 0 Å². The number of hydrogen-bond acceptors (Lipinski definition) is 4. The molecule has 0 radical (unpaired) electrons. The summed E-state index contributed by atoms with van der Waals surface area (Å²) in [6.45, 7) is 2.18. The summed E-state index contributed by atoms with van der Waals surface area (Å²) >= 11 is 0. The molecule has 13 heavy (non-hydrogen) atoms. The highest BCUT2D eigenvalue weighted by Gasteiger charge is 2.23. The molecule has 2 unspecified atom stereocenters. The molecule has 0 fully saturated rings. The van der Waals surface area contributed by atoms with Gasteiger partial charge in [-0.05, 0) is 19.8 Å². The molecule has 0 spiro atoms. The van der Waals surface area contributed by atoms with Gasteiger partial charge in [0.1, 0.15) is 0 Å². The zero-order valence-electron chi connectivity index (χ0n) is 7.82. The van der Waals surface area contributed by atoms with Crippen LogP contribution < -0.4 is 11.5 Å². The van der Waals surface area contributed by atoms with Gasteiger partial charge in [-0.15, -0.1) is 0 Å². The Labute approximate surface area is 77.9 Å². The number of esters is 1. The molecule has 0 aromatic heterocycles. The average molecular weight is 184 g/mol. The van der Waals surface area contributed by atoms with E-state index >= 15 is 0 Å². The predicted molar refractivity (Wildman–Crippen MR) is 49.9 cm³/mol. The van der Waals surface area contributed by atoms with E-state index in [-0.39, 0.29) is 18.1 Å². The number of carbonyl (C=O) groups excluding carboxylic acids is 1. The highest BCUT2D eigenvalue weighted by Crippen LogP contribution is 2.17. The van der Waals surface area contributed by atoms with Crippen LogP contribution in [0.3, 0.4) is 0 Å². The van der Waals surface area contributed by atoms with Gasteiger partial charge in [0.15, 0.2) is 0 Å². The van der Waals surface area contributed by atoms with Crippen molar-refractivity contribution in [2.24, 2.45) is 11.5 Å². The minimum absolute atomic E-state index is 0.0295. The second-order valence-corrected chi connectivity index (χ2v) is 3.22. The molecule has 0 heterocycles. The van der Waals surface area contributed by atoms with Gasteiger partial charge in [0.05, 0.1) is 6.61 Å². The number of nitrogens with two attached hydrogens (primary N) is 2. The number of ether oxygens (including phenoxy) is 1. The van der Waals surface area contributed by atoms with Crippen LogP contribution in [0, 0.1) is 0 Å². The van der Waals surface area contributed by atoms with E-state index in [2.05, 4.69) is 0 Å². The first-order chi connectivity index (χ1) is 6.15. The standard InChI is InChI=1S/C9H16N2O2/c1-2-13-9(12)6-3-4-7(10)8(11)5-6/h3,7-8H,2,4-5,10-11H2,1H3. The molecule has 74 valence electrons. The molecule has 0 amide bonds. The summed E-state index contributed by atoms with van der Waals surface area (Å²) < 4.78 is 4.86. The maximum absolute atomic E-state index is 11.3. The minimum atomic E-state index is -0.259. The molecule has 0 aromatic rings. The largest absolute Gasteiger partial charge is 0.463 e. The lowest BCUT2D eigenvalue weighted by Crippen LogP contribution is -2.44. The Bertz CT molecular complexity index is 226. The van der Waals surface area contributed by atoms with E-state index in [9.17, 15) is 4.79 Å². The van der Waals surface area contributed by atoms with Crippen molar-refractivity contribution >= 4 is 5.97 Å². The number of carbonyl (C=O) groups is 1. The molecular weight excluding hydrogens is 168 g/mol. The Morgan fingerprint density at radius 3 is 2.85 bits per heavy atom. The van der Waals surface area contributed by atoms with Gasteiger partial charge in [-0.25, -0.2) is 4.79 Å². The van der Waals surface area contributed by atoms with Crippen LogP contribution in [0.15, 0.2) is 11.6 Å². The minimum Gasteiger partial charge on any atom is -0.463 e. The van der Waals surface area contributed by atoms with Crippen molar-refractivity contribution in [3.05, 3.63) is 11.6 Å². The first kappa shape index (κ1) is 10.2. The summed E-state index contributed by atoms with van der Waals surface area (Å²) in [4.78, 5) is 11.3. The first-order valence-corrected chi connectivity index (χ1v) is 4.52. The molecule has 0 bridgehead atoms. The molecule has 2 atom stereocenters. The quantitative estimate of drug-likeness (QED) is 0.588. The van der Waals surface area contributed by atoms with Gasteiger partial charge < -0.3 is 16.2 Å². The van der Waals surface area contributed by atoms with Crippen molar-refractivity contribution in [3.8, 4) is 0 Å². The Morgan fingerprint density at radius 1 is 1.62 bits per heavy atom. The van der Waals surface area contributed by atoms with E-state index in [1.165, 1.54) is 0 Å². The maximum atomic E-state index is 11.3. The van der Waals surface area contributed by atoms with Gasteiger partial charge >= 0.3 is 5.97 Å². The summed E-state index contributed by atoms with van der Waals surface area (Å²) in [6, 6.07) is -0.150. The fraction of sp³-hybridized carbons (Fsp3) is 0.667. The molecule has 1 aliphatic rings. The maximum Gasteiger partial charge on any atom is 0.333 e. The van der Waals surface area contributed by atoms with E-state index in [1.54, 1.807) is 6.92 Å². The van der Waals surface area contributed by atoms with Crippen LogP contribution in [0.4, 0.5) is 0 Å². The van der Waals surface area contributed by atoms with Crippen LogP contribution >= 0.6 is 0 Å². The first-order valence-electron chi connectivity index (χ1n) is 4.52. The molecule has 0 saturated heterocycles. The van der Waals surface area contributed by atoms with E-state index in [0.717, 1.165) is 0 Å². The Balaban J connectivity index is 2.57. The molecule has 1 aliphatic carbocycles. The van der Waals surface area contributed by atoms with Crippen LogP contribution in [0.1, 0.15) is 19.8 Å². The second kappa shape index (κ2) is 4.39. The van der Waals surface area contributed by atoms with E-state index in [4.69, 9.17) is 16.2 Å². The zero-order chi connectivity index (χ0) is 9.84. The van der Waals surface area contributed by atoms with Crippen LogP contribution in [-0.4, -0.2) is 24.7 Å². The van der Waals surface area contributed by atoms with Crippen molar-refractivity contribution < 1.29 is 9.53 Å². The fourth-order valence-electron chi connectivity index (χ4n) is 1.33. The number of rotatable bonds is 2. The van der Waals surface area contributed by atoms with E-state index < -0.39 is 0 Å². The molecule has 4 N–H and O–H groups in total. The average Bonchev–Trinajstić information content (AvgIpc) is 2.10. The highest BCUT2D eigenvalue weighted by molar-refractivity contribution is 5.88. The smallest absolute Gasteiger partial charge is 0.333 e. The SMILES string of the molecule is CCOC(=O)C1=CCC(N)C(N)C1. The molecule has 0 aromatic carbocycles. The van der Waals surface area contributed by atoms with E-state index in [1.807, 2.05) is 6.08 Å². The van der Waals surface area contributed by atoms with Gasteiger partial charge in [0, 0.05) is 17.7 Å². The molecule has 0 saturated carbocycles. The zero-order valence-corrected chi connectivity index (χ0v) is 7.82. The predicted octanol–water partition coefficient (Wildman–Crippen LogP) is -0.0757. The Hall–Kier alpha value is -0.870. The van der Waals surface area contributed by atoms with Crippen molar-refractivity contribution in [1.82, 2.24) is 0 Å². The van der Waals surface area contributed by atoms with Gasteiger partial charge in [0.25, 0.3) is 0 Å². The molecular formula is C9H16N2O2. The normalized spacial score (nSPS) is 28.1. The Morgan fingerprint density at radius 2 is 2.31 bits per heavy atom. The fourth-order valence-corrected chi connectivity index (χ4v) is 1.33. The molecule has 4 heteroatoms. The molecule has 0 aliphatic heterocycles. The second-order valence-electron chi connectivity index (χ2n) is 3.22. The van der Waals surface area contributed by atoms with Gasteiger partial charge in [-0.1, -0.05) is 6.08 Å². The van der Waals surface area contributed by atoms with Crippen molar-refractivity contribution in [3.63, 3.8) is 0 Å². The highest BCUT2D eigenvalue weighted by atomic mass is 16.5. The van der Waals surface area contributed by atoms with E-state index in [0.29, 0.717) is 25.0 Å². The lowest BCUT2D eigenvalue weighted by molar-refractivity contribution is -0.138. The van der Waals surface area contributed by atoms with Crippen LogP contribution in [0.5, 0.6) is 0 Å². The third-order valence-electron chi connectivity index (χ3n) is 2.18. The summed E-state index contributed by atoms with van der Waals surface area (Å²) in [5, 5.41) is 0. The topological polar surface area (TPSA) is 78.3 Å². The summed E-state index contributed by atoms with van der Waals surface area (Å²) in [7, 11) is 0. The number of hydrogen-bond donors (Lipinski definition) is 2. The lowest BCUT2D eigenvalue weighted by atomic mass is 9.91. The Kier molecular flexibility index (Phi) is 3.45. The van der Waals surface area contributed by atoms with Gasteiger partial charge in [-0.3, -0.25) is 0 Å². The van der Waals surface area contributed by atoms with Crippen molar-refractivity contribution in [1.29, 1.82) is 0 Å². The molecule has 4 nitrogen and oxygen atoms in total. The summed E-state index contributed by atoms with van der Waals surface area (Å²) in [5.41, 5.74) is 12.1.